The molecule has 0 saturated carbocycles. The molecule has 88 valence electrons. The minimum absolute atomic E-state index is 0.187. The molecule has 3 nitrogen and oxygen atoms in total. The van der Waals surface area contributed by atoms with E-state index in [2.05, 4.69) is 26.0 Å². The Balaban J connectivity index is 2.81. The summed E-state index contributed by atoms with van der Waals surface area (Å²) in [7, 11) is 0. The molecule has 16 heavy (non-hydrogen) atoms. The number of benzene rings is 1. The lowest BCUT2D eigenvalue weighted by Crippen LogP contribution is -2.93. The van der Waals surface area contributed by atoms with Crippen LogP contribution in [0.3, 0.4) is 0 Å². The van der Waals surface area contributed by atoms with Crippen molar-refractivity contribution in [1.29, 1.82) is 0 Å². The monoisotopic (exact) mass is 221 g/mol. The molecule has 0 aliphatic rings. The van der Waals surface area contributed by atoms with Crippen LogP contribution in [0.1, 0.15) is 32.4 Å². The van der Waals surface area contributed by atoms with Crippen LogP contribution in [-0.4, -0.2) is 11.9 Å². The summed E-state index contributed by atoms with van der Waals surface area (Å²) < 4.78 is 0. The van der Waals surface area contributed by atoms with Gasteiger partial charge in [0.15, 0.2) is 6.04 Å². The van der Waals surface area contributed by atoms with Crippen molar-refractivity contribution in [1.82, 2.24) is 0 Å². The van der Waals surface area contributed by atoms with Gasteiger partial charge in [0.05, 0.1) is 0 Å². The summed E-state index contributed by atoms with van der Waals surface area (Å²) >= 11 is 0. The SMILES string of the molecule is CC(C)[C@@H]([NH2+][C@@H](C)C(N)=O)c1ccccc1. The Hall–Kier alpha value is -1.35. The predicted octanol–water partition coefficient (Wildman–Crippen LogP) is 0.821. The fourth-order valence-corrected chi connectivity index (χ4v) is 1.80. The van der Waals surface area contributed by atoms with Crippen molar-refractivity contribution in [2.75, 3.05) is 0 Å². The van der Waals surface area contributed by atoms with E-state index in [-0.39, 0.29) is 18.0 Å². The van der Waals surface area contributed by atoms with Crippen LogP contribution in [0.15, 0.2) is 30.3 Å². The summed E-state index contributed by atoms with van der Waals surface area (Å²) in [6.07, 6.45) is 0. The van der Waals surface area contributed by atoms with Crippen LogP contribution >= 0.6 is 0 Å². The van der Waals surface area contributed by atoms with Crippen LogP contribution in [0.4, 0.5) is 0 Å². The molecule has 0 aliphatic carbocycles. The van der Waals surface area contributed by atoms with Crippen molar-refractivity contribution in [3.8, 4) is 0 Å². The van der Waals surface area contributed by atoms with E-state index in [1.165, 1.54) is 5.56 Å². The summed E-state index contributed by atoms with van der Waals surface area (Å²) in [4.78, 5) is 11.1. The summed E-state index contributed by atoms with van der Waals surface area (Å²) in [6, 6.07) is 10.3. The standard InChI is InChI=1S/C13H20N2O/c1-9(2)12(15-10(3)13(14)16)11-7-5-4-6-8-11/h4-10,12,15H,1-3H3,(H2,14,16)/p+1/t10-,12+/m0/s1. The molecule has 1 rings (SSSR count). The Bertz CT molecular complexity index is 335. The second-order valence-corrected chi connectivity index (χ2v) is 4.56. The summed E-state index contributed by atoms with van der Waals surface area (Å²) in [6.45, 7) is 6.16. The average Bonchev–Trinajstić information content (AvgIpc) is 2.26. The number of nitrogens with two attached hydrogens (primary N) is 2. The predicted molar refractivity (Wildman–Crippen MR) is 64.6 cm³/mol. The highest BCUT2D eigenvalue weighted by Gasteiger charge is 2.23. The Morgan fingerprint density at radius 2 is 1.75 bits per heavy atom. The van der Waals surface area contributed by atoms with Crippen molar-refractivity contribution in [2.45, 2.75) is 32.9 Å². The van der Waals surface area contributed by atoms with Crippen LogP contribution < -0.4 is 11.1 Å². The summed E-state index contributed by atoms with van der Waals surface area (Å²) in [5.41, 5.74) is 6.53. The number of amides is 1. The van der Waals surface area contributed by atoms with Gasteiger partial charge in [-0.05, 0) is 6.92 Å². The van der Waals surface area contributed by atoms with Crippen molar-refractivity contribution in [2.24, 2.45) is 11.7 Å². The molecule has 1 aromatic carbocycles. The lowest BCUT2D eigenvalue weighted by Gasteiger charge is -2.22. The van der Waals surface area contributed by atoms with Gasteiger partial charge in [0.2, 0.25) is 0 Å². The van der Waals surface area contributed by atoms with Crippen LogP contribution in [0, 0.1) is 5.92 Å². The second-order valence-electron chi connectivity index (χ2n) is 4.56. The molecule has 0 aliphatic heterocycles. The first-order valence-electron chi connectivity index (χ1n) is 5.71. The van der Waals surface area contributed by atoms with Gasteiger partial charge in [-0.2, -0.15) is 0 Å². The lowest BCUT2D eigenvalue weighted by atomic mass is 9.95. The number of quaternary nitrogens is 1. The molecule has 0 aromatic heterocycles. The summed E-state index contributed by atoms with van der Waals surface area (Å²) in [5, 5.41) is 2.04. The molecule has 0 unspecified atom stereocenters. The molecule has 0 heterocycles. The van der Waals surface area contributed by atoms with E-state index in [0.717, 1.165) is 0 Å². The Morgan fingerprint density at radius 3 is 2.19 bits per heavy atom. The van der Waals surface area contributed by atoms with Crippen molar-refractivity contribution < 1.29 is 10.1 Å². The smallest absolute Gasteiger partial charge is 0.275 e. The van der Waals surface area contributed by atoms with Gasteiger partial charge >= 0.3 is 0 Å². The lowest BCUT2D eigenvalue weighted by molar-refractivity contribution is -0.719. The number of carbonyl (C=O) groups excluding carboxylic acids is 1. The number of hydrogen-bond donors (Lipinski definition) is 2. The number of carbonyl (C=O) groups is 1. The molecule has 0 spiro atoms. The molecular weight excluding hydrogens is 200 g/mol. The Morgan fingerprint density at radius 1 is 1.19 bits per heavy atom. The maximum Gasteiger partial charge on any atom is 0.275 e. The largest absolute Gasteiger partial charge is 0.365 e. The van der Waals surface area contributed by atoms with Crippen molar-refractivity contribution >= 4 is 5.91 Å². The molecule has 1 aromatic rings. The van der Waals surface area contributed by atoms with E-state index in [0.29, 0.717) is 5.92 Å². The highest BCUT2D eigenvalue weighted by atomic mass is 16.1. The van der Waals surface area contributed by atoms with Crippen LogP contribution in [-0.2, 0) is 4.79 Å². The first kappa shape index (κ1) is 12.7. The zero-order valence-electron chi connectivity index (χ0n) is 10.2. The van der Waals surface area contributed by atoms with Gasteiger partial charge in [-0.1, -0.05) is 44.2 Å². The third-order valence-electron chi connectivity index (χ3n) is 2.85. The second kappa shape index (κ2) is 5.66. The molecule has 2 atom stereocenters. The van der Waals surface area contributed by atoms with Gasteiger partial charge in [0.1, 0.15) is 6.04 Å². The van der Waals surface area contributed by atoms with E-state index in [1.807, 2.05) is 30.4 Å². The van der Waals surface area contributed by atoms with E-state index < -0.39 is 0 Å². The number of rotatable bonds is 5. The molecular formula is C13H21N2O+. The van der Waals surface area contributed by atoms with E-state index in [1.54, 1.807) is 0 Å². The minimum atomic E-state index is -0.262. The zero-order chi connectivity index (χ0) is 12.1. The fourth-order valence-electron chi connectivity index (χ4n) is 1.80. The first-order chi connectivity index (χ1) is 7.52. The van der Waals surface area contributed by atoms with Gasteiger partial charge in [-0.25, -0.2) is 0 Å². The maximum atomic E-state index is 11.1. The van der Waals surface area contributed by atoms with E-state index >= 15 is 0 Å². The average molecular weight is 221 g/mol. The van der Waals surface area contributed by atoms with Gasteiger partial charge in [-0.3, -0.25) is 4.79 Å². The maximum absolute atomic E-state index is 11.1. The molecule has 0 radical (unpaired) electrons. The molecule has 4 N–H and O–H groups in total. The minimum Gasteiger partial charge on any atom is -0.365 e. The molecule has 0 bridgehead atoms. The number of primary amides is 1. The normalized spacial score (nSPS) is 14.8. The third-order valence-corrected chi connectivity index (χ3v) is 2.85. The Labute approximate surface area is 97.0 Å². The fraction of sp³-hybridized carbons (Fsp3) is 0.462. The van der Waals surface area contributed by atoms with Gasteiger partial charge in [0.25, 0.3) is 5.91 Å². The topological polar surface area (TPSA) is 59.7 Å². The molecule has 1 amide bonds. The highest BCUT2D eigenvalue weighted by Crippen LogP contribution is 2.17. The van der Waals surface area contributed by atoms with Crippen LogP contribution in [0.25, 0.3) is 0 Å². The Kier molecular flexibility index (Phi) is 4.50. The number of hydrogen-bond acceptors (Lipinski definition) is 1. The van der Waals surface area contributed by atoms with Crippen molar-refractivity contribution in [3.05, 3.63) is 35.9 Å². The van der Waals surface area contributed by atoms with Gasteiger partial charge < -0.3 is 11.1 Å². The van der Waals surface area contributed by atoms with E-state index in [9.17, 15) is 4.79 Å². The van der Waals surface area contributed by atoms with Gasteiger partial charge in [0, 0.05) is 11.5 Å². The third kappa shape index (κ3) is 3.35. The zero-order valence-corrected chi connectivity index (χ0v) is 10.2. The van der Waals surface area contributed by atoms with Crippen LogP contribution in [0.2, 0.25) is 0 Å². The molecule has 3 heteroatoms. The van der Waals surface area contributed by atoms with Crippen molar-refractivity contribution in [3.63, 3.8) is 0 Å². The first-order valence-corrected chi connectivity index (χ1v) is 5.71. The summed E-state index contributed by atoms with van der Waals surface area (Å²) in [5.74, 6) is 0.200. The highest BCUT2D eigenvalue weighted by molar-refractivity contribution is 5.77. The van der Waals surface area contributed by atoms with Crippen LogP contribution in [0.5, 0.6) is 0 Å². The molecule has 0 fully saturated rings. The van der Waals surface area contributed by atoms with Gasteiger partial charge in [-0.15, -0.1) is 0 Å². The quantitative estimate of drug-likeness (QED) is 0.760. The van der Waals surface area contributed by atoms with E-state index in [4.69, 9.17) is 5.73 Å². The molecule has 0 saturated heterocycles.